The lowest BCUT2D eigenvalue weighted by Gasteiger charge is -2.23. The Morgan fingerprint density at radius 3 is 2.43 bits per heavy atom. The van der Waals surface area contributed by atoms with Gasteiger partial charge in [-0.15, -0.1) is 0 Å². The van der Waals surface area contributed by atoms with Crippen LogP contribution in [0.3, 0.4) is 0 Å². The van der Waals surface area contributed by atoms with E-state index in [1.165, 1.54) is 6.07 Å². The first-order chi connectivity index (χ1) is 9.97. The summed E-state index contributed by atoms with van der Waals surface area (Å²) in [6.45, 7) is 0. The molecule has 0 radical (unpaired) electrons. The average Bonchev–Trinajstić information content (AvgIpc) is 3.03. The predicted molar refractivity (Wildman–Crippen MR) is 77.6 cm³/mol. The van der Waals surface area contributed by atoms with Gasteiger partial charge < -0.3 is 15.2 Å². The van der Waals surface area contributed by atoms with Gasteiger partial charge in [0.05, 0.1) is 34.1 Å². The summed E-state index contributed by atoms with van der Waals surface area (Å²) in [5.74, 6) is -2.80. The largest absolute Gasteiger partial charge is 0.481 e. The van der Waals surface area contributed by atoms with Crippen LogP contribution in [0.25, 0.3) is 0 Å². The van der Waals surface area contributed by atoms with E-state index < -0.39 is 17.8 Å². The molecule has 2 aliphatic heterocycles. The zero-order chi connectivity index (χ0) is 15.1. The third-order valence-corrected chi connectivity index (χ3v) is 4.79. The summed E-state index contributed by atoms with van der Waals surface area (Å²) in [7, 11) is 0. The number of carboxylic acids is 1. The molecule has 1 aromatic rings. The average molecular weight is 330 g/mol. The van der Waals surface area contributed by atoms with E-state index in [4.69, 9.17) is 27.9 Å². The summed E-state index contributed by atoms with van der Waals surface area (Å²) in [6, 6.07) is 4.73. The second kappa shape index (κ2) is 5.48. The number of fused-ring (bicyclic) bond motifs is 2. The molecule has 112 valence electrons. The molecule has 2 aliphatic rings. The van der Waals surface area contributed by atoms with Crippen LogP contribution in [0, 0.1) is 11.8 Å². The van der Waals surface area contributed by atoms with E-state index >= 15 is 0 Å². The number of aliphatic carboxylic acids is 1. The summed E-state index contributed by atoms with van der Waals surface area (Å²) < 4.78 is 5.57. The first kappa shape index (κ1) is 14.6. The Morgan fingerprint density at radius 2 is 1.81 bits per heavy atom. The Balaban J connectivity index is 1.78. The molecule has 5 nitrogen and oxygen atoms in total. The molecule has 7 heteroatoms. The van der Waals surface area contributed by atoms with Crippen LogP contribution in [0.1, 0.15) is 12.8 Å². The number of nitrogens with one attached hydrogen (secondary N) is 1. The second-order valence-corrected chi connectivity index (χ2v) is 6.11. The summed E-state index contributed by atoms with van der Waals surface area (Å²) in [4.78, 5) is 23.7. The van der Waals surface area contributed by atoms with Gasteiger partial charge in [-0.2, -0.15) is 0 Å². The molecule has 2 bridgehead atoms. The molecule has 2 heterocycles. The number of carboxylic acid groups (broad SMARTS) is 1. The zero-order valence-electron chi connectivity index (χ0n) is 10.9. The highest BCUT2D eigenvalue weighted by Crippen LogP contribution is 2.44. The lowest BCUT2D eigenvalue weighted by Crippen LogP contribution is -2.40. The lowest BCUT2D eigenvalue weighted by molar-refractivity contribution is -0.147. The SMILES string of the molecule is O=C(Nc1ccc(Cl)c(Cl)c1)[C@@H]1[C@H](C(=O)O)[C@H]2CC[C@H]1O2. The van der Waals surface area contributed by atoms with Gasteiger partial charge in [0.15, 0.2) is 0 Å². The molecule has 21 heavy (non-hydrogen) atoms. The Morgan fingerprint density at radius 1 is 1.14 bits per heavy atom. The highest BCUT2D eigenvalue weighted by Gasteiger charge is 2.55. The van der Waals surface area contributed by atoms with Gasteiger partial charge in [0, 0.05) is 5.69 Å². The summed E-state index contributed by atoms with van der Waals surface area (Å²) >= 11 is 11.7. The summed E-state index contributed by atoms with van der Waals surface area (Å²) in [5, 5.41) is 12.7. The molecule has 0 unspecified atom stereocenters. The molecular formula is C14H13Cl2NO4. The molecule has 0 aliphatic carbocycles. The maximum atomic E-state index is 12.4. The van der Waals surface area contributed by atoms with Crippen molar-refractivity contribution in [1.82, 2.24) is 0 Å². The van der Waals surface area contributed by atoms with Gasteiger partial charge in [0.1, 0.15) is 0 Å². The smallest absolute Gasteiger partial charge is 0.310 e. The standard InChI is InChI=1S/C14H13Cl2NO4/c15-7-2-1-6(5-8(7)16)17-13(18)11-9-3-4-10(21-9)12(11)14(19)20/h1-2,5,9-12H,3-4H2,(H,17,18)(H,19,20)/t9-,10-,11+,12-/m1/s1. The van der Waals surface area contributed by atoms with Gasteiger partial charge in [0.2, 0.25) is 5.91 Å². The number of benzene rings is 1. The fraction of sp³-hybridized carbons (Fsp3) is 0.429. The van der Waals surface area contributed by atoms with Crippen LogP contribution < -0.4 is 5.32 Å². The van der Waals surface area contributed by atoms with Gasteiger partial charge in [0.25, 0.3) is 0 Å². The van der Waals surface area contributed by atoms with Gasteiger partial charge >= 0.3 is 5.97 Å². The minimum absolute atomic E-state index is 0.320. The highest BCUT2D eigenvalue weighted by molar-refractivity contribution is 6.42. The molecule has 4 atom stereocenters. The van der Waals surface area contributed by atoms with Crippen molar-refractivity contribution in [2.24, 2.45) is 11.8 Å². The number of ether oxygens (including phenoxy) is 1. The first-order valence-corrected chi connectivity index (χ1v) is 7.37. The highest BCUT2D eigenvalue weighted by atomic mass is 35.5. The van der Waals surface area contributed by atoms with Crippen molar-refractivity contribution in [2.75, 3.05) is 5.32 Å². The van der Waals surface area contributed by atoms with Crippen LogP contribution in [0.5, 0.6) is 0 Å². The quantitative estimate of drug-likeness (QED) is 0.894. The van der Waals surface area contributed by atoms with Gasteiger partial charge in [-0.25, -0.2) is 0 Å². The van der Waals surface area contributed by atoms with E-state index in [1.54, 1.807) is 12.1 Å². The maximum Gasteiger partial charge on any atom is 0.310 e. The molecule has 2 saturated heterocycles. The number of anilines is 1. The monoisotopic (exact) mass is 329 g/mol. The number of hydrogen-bond donors (Lipinski definition) is 2. The molecule has 1 amide bonds. The molecule has 3 rings (SSSR count). The number of halogens is 2. The third kappa shape index (κ3) is 2.61. The van der Waals surface area contributed by atoms with E-state index in [0.29, 0.717) is 28.6 Å². The molecule has 0 spiro atoms. The van der Waals surface area contributed by atoms with Crippen molar-refractivity contribution in [3.05, 3.63) is 28.2 Å². The third-order valence-electron chi connectivity index (χ3n) is 4.05. The molecule has 1 aromatic carbocycles. The van der Waals surface area contributed by atoms with Crippen LogP contribution in [0.2, 0.25) is 10.0 Å². The molecule has 2 N–H and O–H groups in total. The Bertz CT molecular complexity index is 607. The van der Waals surface area contributed by atoms with E-state index in [9.17, 15) is 14.7 Å². The Kier molecular flexibility index (Phi) is 3.82. The number of amides is 1. The number of hydrogen-bond acceptors (Lipinski definition) is 3. The van der Waals surface area contributed by atoms with E-state index in [2.05, 4.69) is 5.32 Å². The van der Waals surface area contributed by atoms with Crippen molar-refractivity contribution in [3.63, 3.8) is 0 Å². The molecule has 0 aromatic heterocycles. The number of carbonyl (C=O) groups is 2. The second-order valence-electron chi connectivity index (χ2n) is 5.30. The molecule has 2 fully saturated rings. The van der Waals surface area contributed by atoms with Crippen molar-refractivity contribution in [2.45, 2.75) is 25.0 Å². The van der Waals surface area contributed by atoms with Crippen LogP contribution in [0.4, 0.5) is 5.69 Å². The Hall–Kier alpha value is -1.30. The fourth-order valence-corrected chi connectivity index (χ4v) is 3.42. The predicted octanol–water partition coefficient (Wildman–Crippen LogP) is 2.81. The van der Waals surface area contributed by atoms with Gasteiger partial charge in [-0.3, -0.25) is 9.59 Å². The number of rotatable bonds is 3. The molecular weight excluding hydrogens is 317 g/mol. The zero-order valence-corrected chi connectivity index (χ0v) is 12.4. The van der Waals surface area contributed by atoms with E-state index in [-0.39, 0.29) is 18.1 Å². The van der Waals surface area contributed by atoms with Crippen LogP contribution in [0.15, 0.2) is 18.2 Å². The van der Waals surface area contributed by atoms with Crippen molar-refractivity contribution in [1.29, 1.82) is 0 Å². The van der Waals surface area contributed by atoms with Crippen LogP contribution in [-0.4, -0.2) is 29.2 Å². The summed E-state index contributed by atoms with van der Waals surface area (Å²) in [5.41, 5.74) is 0.487. The van der Waals surface area contributed by atoms with Gasteiger partial charge in [-0.1, -0.05) is 23.2 Å². The molecule has 0 saturated carbocycles. The Labute approximate surface area is 131 Å². The minimum Gasteiger partial charge on any atom is -0.481 e. The van der Waals surface area contributed by atoms with Crippen LogP contribution >= 0.6 is 23.2 Å². The van der Waals surface area contributed by atoms with Gasteiger partial charge in [-0.05, 0) is 31.0 Å². The topological polar surface area (TPSA) is 75.6 Å². The fourth-order valence-electron chi connectivity index (χ4n) is 3.12. The van der Waals surface area contributed by atoms with Crippen LogP contribution in [-0.2, 0) is 14.3 Å². The van der Waals surface area contributed by atoms with E-state index in [0.717, 1.165) is 0 Å². The van der Waals surface area contributed by atoms with Crippen molar-refractivity contribution in [3.8, 4) is 0 Å². The first-order valence-electron chi connectivity index (χ1n) is 6.61. The normalized spacial score (nSPS) is 30.4. The minimum atomic E-state index is -0.989. The summed E-state index contributed by atoms with van der Waals surface area (Å²) in [6.07, 6.45) is 0.724. The maximum absolute atomic E-state index is 12.4. The van der Waals surface area contributed by atoms with Crippen molar-refractivity contribution < 1.29 is 19.4 Å². The lowest BCUT2D eigenvalue weighted by atomic mass is 9.78. The van der Waals surface area contributed by atoms with Crippen molar-refractivity contribution >= 4 is 40.8 Å². The number of carbonyl (C=O) groups excluding carboxylic acids is 1. The van der Waals surface area contributed by atoms with E-state index in [1.807, 2.05) is 0 Å².